The van der Waals surface area contributed by atoms with Crippen LogP contribution in [0.3, 0.4) is 0 Å². The first-order chi connectivity index (χ1) is 9.06. The van der Waals surface area contributed by atoms with E-state index in [0.29, 0.717) is 10.6 Å². The molecule has 0 radical (unpaired) electrons. The van der Waals surface area contributed by atoms with Crippen molar-refractivity contribution in [2.45, 2.75) is 12.5 Å². The molecule has 19 heavy (non-hydrogen) atoms. The van der Waals surface area contributed by atoms with Gasteiger partial charge in [-0.1, -0.05) is 23.4 Å². The largest absolute Gasteiger partial charge is 0.352 e. The Morgan fingerprint density at radius 1 is 1.37 bits per heavy atom. The van der Waals surface area contributed by atoms with E-state index in [9.17, 15) is 9.59 Å². The van der Waals surface area contributed by atoms with Gasteiger partial charge in [-0.2, -0.15) is 0 Å². The maximum Gasteiger partial charge on any atom is 0.257 e. The molecule has 1 aromatic carbocycles. The van der Waals surface area contributed by atoms with Crippen LogP contribution in [0.1, 0.15) is 16.8 Å². The summed E-state index contributed by atoms with van der Waals surface area (Å²) in [6.07, 6.45) is 0.723. The second-order valence-corrected chi connectivity index (χ2v) is 5.89. The summed E-state index contributed by atoms with van der Waals surface area (Å²) >= 11 is 12.0. The topological polar surface area (TPSA) is 58.2 Å². The molecule has 1 fully saturated rings. The van der Waals surface area contributed by atoms with E-state index in [1.165, 1.54) is 11.8 Å². The Kier molecular flexibility index (Phi) is 4.79. The van der Waals surface area contributed by atoms with Gasteiger partial charge >= 0.3 is 0 Å². The van der Waals surface area contributed by atoms with Crippen LogP contribution in [0.5, 0.6) is 0 Å². The Bertz CT molecular complexity index is 519. The maximum atomic E-state index is 11.8. The molecule has 0 spiro atoms. The van der Waals surface area contributed by atoms with Crippen molar-refractivity contribution < 1.29 is 9.59 Å². The van der Waals surface area contributed by atoms with Gasteiger partial charge in [0, 0.05) is 16.3 Å². The smallest absolute Gasteiger partial charge is 0.257 e. The number of nitrogens with one attached hydrogen (secondary N) is 2. The van der Waals surface area contributed by atoms with Crippen LogP contribution in [0.25, 0.3) is 0 Å². The molecule has 1 unspecified atom stereocenters. The van der Waals surface area contributed by atoms with E-state index in [1.807, 2.05) is 0 Å². The lowest BCUT2D eigenvalue weighted by Crippen LogP contribution is -2.45. The van der Waals surface area contributed by atoms with Crippen LogP contribution >= 0.6 is 35.6 Å². The fourth-order valence-electron chi connectivity index (χ4n) is 1.60. The van der Waals surface area contributed by atoms with Gasteiger partial charge in [0.1, 0.15) is 0 Å². The average molecular weight is 315 g/mol. The molecule has 0 aromatic heterocycles. The summed E-state index contributed by atoms with van der Waals surface area (Å²) in [7, 11) is 0. The molecular weight excluding hydrogens is 304 g/mol. The van der Waals surface area contributed by atoms with Crippen LogP contribution in [-0.2, 0) is 4.79 Å². The molecule has 1 aromatic rings. The molecule has 2 N–H and O–H groups in total. The lowest BCUT2D eigenvalue weighted by atomic mass is 10.2. The van der Waals surface area contributed by atoms with Crippen LogP contribution in [0.4, 0.5) is 0 Å². The number of rotatable bonds is 2. The molecular formula is C12H11ClN2O2S2. The van der Waals surface area contributed by atoms with Crippen molar-refractivity contribution in [3.8, 4) is 0 Å². The van der Waals surface area contributed by atoms with Crippen molar-refractivity contribution in [3.05, 3.63) is 34.9 Å². The number of thiocarbonyl (C=S) groups is 1. The van der Waals surface area contributed by atoms with Crippen molar-refractivity contribution in [3.63, 3.8) is 0 Å². The van der Waals surface area contributed by atoms with E-state index < -0.39 is 0 Å². The molecule has 0 aliphatic carbocycles. The molecule has 7 heteroatoms. The Labute approximate surface area is 125 Å². The summed E-state index contributed by atoms with van der Waals surface area (Å²) in [6, 6.07) is 6.17. The predicted octanol–water partition coefficient (Wildman–Crippen LogP) is 1.98. The third-order valence-electron chi connectivity index (χ3n) is 2.57. The second kappa shape index (κ2) is 6.36. The summed E-state index contributed by atoms with van der Waals surface area (Å²) in [5, 5.41) is 6.17. The zero-order valence-electron chi connectivity index (χ0n) is 9.81. The molecule has 1 saturated heterocycles. The van der Waals surface area contributed by atoms with Crippen LogP contribution in [-0.4, -0.2) is 27.9 Å². The highest BCUT2D eigenvalue weighted by Gasteiger charge is 2.26. The van der Waals surface area contributed by atoms with Crippen LogP contribution in [0.15, 0.2) is 24.3 Å². The quantitative estimate of drug-likeness (QED) is 0.818. The van der Waals surface area contributed by atoms with E-state index in [0.717, 1.165) is 12.2 Å². The Hall–Kier alpha value is -1.11. The van der Waals surface area contributed by atoms with Gasteiger partial charge in [0.2, 0.25) is 5.12 Å². The van der Waals surface area contributed by atoms with E-state index in [-0.39, 0.29) is 22.2 Å². The Morgan fingerprint density at radius 2 is 2.05 bits per heavy atom. The van der Waals surface area contributed by atoms with Gasteiger partial charge in [-0.15, -0.1) is 0 Å². The minimum Gasteiger partial charge on any atom is -0.352 e. The number of hydrogen-bond acceptors (Lipinski definition) is 4. The van der Waals surface area contributed by atoms with Crippen molar-refractivity contribution in [1.29, 1.82) is 0 Å². The number of hydrogen-bond donors (Lipinski definition) is 2. The van der Waals surface area contributed by atoms with Crippen molar-refractivity contribution >= 4 is 51.7 Å². The summed E-state index contributed by atoms with van der Waals surface area (Å²) < 4.78 is 0. The summed E-state index contributed by atoms with van der Waals surface area (Å²) in [5.74, 6) is 0.455. The maximum absolute atomic E-state index is 11.8. The number of carbonyl (C=O) groups excluding carboxylic acids is 2. The van der Waals surface area contributed by atoms with Crippen LogP contribution < -0.4 is 10.6 Å². The van der Waals surface area contributed by atoms with Gasteiger partial charge in [-0.3, -0.25) is 14.9 Å². The van der Waals surface area contributed by atoms with Gasteiger partial charge in [0.05, 0.1) is 6.04 Å². The van der Waals surface area contributed by atoms with E-state index in [2.05, 4.69) is 10.6 Å². The highest BCUT2D eigenvalue weighted by atomic mass is 35.5. The van der Waals surface area contributed by atoms with E-state index >= 15 is 0 Å². The first kappa shape index (κ1) is 14.3. The minimum atomic E-state index is -0.327. The molecule has 1 atom stereocenters. The number of carbonyl (C=O) groups is 2. The lowest BCUT2D eigenvalue weighted by Gasteiger charge is -2.13. The first-order valence-corrected chi connectivity index (χ1v) is 7.37. The fraction of sp³-hybridized carbons (Fsp3) is 0.250. The van der Waals surface area contributed by atoms with Crippen LogP contribution in [0, 0.1) is 0 Å². The van der Waals surface area contributed by atoms with Gasteiger partial charge in [0.15, 0.2) is 5.11 Å². The third-order valence-corrected chi connectivity index (χ3v) is 4.05. The molecule has 1 aliphatic heterocycles. The lowest BCUT2D eigenvalue weighted by molar-refractivity contribution is -0.111. The van der Waals surface area contributed by atoms with Gasteiger partial charge in [-0.05, 0) is 42.9 Å². The zero-order chi connectivity index (χ0) is 13.8. The predicted molar refractivity (Wildman–Crippen MR) is 80.5 cm³/mol. The molecule has 1 amide bonds. The molecule has 0 saturated carbocycles. The molecule has 1 heterocycles. The van der Waals surface area contributed by atoms with Crippen molar-refractivity contribution in [1.82, 2.24) is 10.6 Å². The summed E-state index contributed by atoms with van der Waals surface area (Å²) in [5.41, 5.74) is 0.459. The first-order valence-electron chi connectivity index (χ1n) is 5.60. The number of amides is 1. The standard InChI is InChI=1S/C12H11ClN2O2S2/c13-8-3-1-7(2-4-8)10(16)15-12(18)14-9-5-6-19-11(9)17/h1-4,9H,5-6H2,(H2,14,15,16,18). The third kappa shape index (κ3) is 3.92. The number of benzene rings is 1. The molecule has 100 valence electrons. The Morgan fingerprint density at radius 3 is 2.63 bits per heavy atom. The van der Waals surface area contributed by atoms with Gasteiger partial charge in [0.25, 0.3) is 5.91 Å². The second-order valence-electron chi connectivity index (χ2n) is 3.94. The normalized spacial score (nSPS) is 18.2. The zero-order valence-corrected chi connectivity index (χ0v) is 12.2. The van der Waals surface area contributed by atoms with Crippen molar-refractivity contribution in [2.75, 3.05) is 5.75 Å². The SMILES string of the molecule is O=C(NC(=S)NC1CCSC1=O)c1ccc(Cl)cc1. The molecule has 1 aliphatic rings. The highest BCUT2D eigenvalue weighted by molar-refractivity contribution is 8.14. The van der Waals surface area contributed by atoms with Crippen LogP contribution in [0.2, 0.25) is 5.02 Å². The number of thioether (sulfide) groups is 1. The minimum absolute atomic E-state index is 0.0584. The van der Waals surface area contributed by atoms with E-state index in [1.54, 1.807) is 24.3 Å². The van der Waals surface area contributed by atoms with E-state index in [4.69, 9.17) is 23.8 Å². The molecule has 0 bridgehead atoms. The highest BCUT2D eigenvalue weighted by Crippen LogP contribution is 2.19. The van der Waals surface area contributed by atoms with Gasteiger partial charge < -0.3 is 5.32 Å². The summed E-state index contributed by atoms with van der Waals surface area (Å²) in [6.45, 7) is 0. The summed E-state index contributed by atoms with van der Waals surface area (Å²) in [4.78, 5) is 23.3. The van der Waals surface area contributed by atoms with Crippen molar-refractivity contribution in [2.24, 2.45) is 0 Å². The Balaban J connectivity index is 1.90. The molecule has 4 nitrogen and oxygen atoms in total. The fourth-order valence-corrected chi connectivity index (χ4v) is 2.89. The number of halogens is 1. The monoisotopic (exact) mass is 314 g/mol. The average Bonchev–Trinajstić information content (AvgIpc) is 2.75. The van der Waals surface area contributed by atoms with Gasteiger partial charge in [-0.25, -0.2) is 0 Å². The molecule has 2 rings (SSSR count).